The molecule has 1 amide bonds. The van der Waals surface area contributed by atoms with Crippen molar-refractivity contribution < 1.29 is 4.79 Å². The smallest absolute Gasteiger partial charge is 0.242 e. The zero-order valence-electron chi connectivity index (χ0n) is 14.3. The number of aromatic nitrogens is 4. The van der Waals surface area contributed by atoms with Gasteiger partial charge in [-0.25, -0.2) is 0 Å². The van der Waals surface area contributed by atoms with Crippen LogP contribution in [0.15, 0.2) is 18.5 Å². The average Bonchev–Trinajstić information content (AvgIpc) is 3.05. The van der Waals surface area contributed by atoms with Crippen molar-refractivity contribution in [2.24, 2.45) is 0 Å². The number of amides is 1. The van der Waals surface area contributed by atoms with Crippen molar-refractivity contribution in [3.63, 3.8) is 0 Å². The van der Waals surface area contributed by atoms with Gasteiger partial charge >= 0.3 is 0 Å². The molecule has 0 fully saturated rings. The Morgan fingerprint density at radius 3 is 2.87 bits per heavy atom. The molecule has 2 aromatic heterocycles. The molecule has 3 rings (SSSR count). The lowest BCUT2D eigenvalue weighted by Gasteiger charge is -2.28. The summed E-state index contributed by atoms with van der Waals surface area (Å²) in [7, 11) is 0. The third-order valence-electron chi connectivity index (χ3n) is 4.23. The maximum Gasteiger partial charge on any atom is 0.242 e. The highest BCUT2D eigenvalue weighted by molar-refractivity contribution is 5.76. The van der Waals surface area contributed by atoms with E-state index < -0.39 is 0 Å². The van der Waals surface area contributed by atoms with Crippen molar-refractivity contribution >= 4 is 5.91 Å². The van der Waals surface area contributed by atoms with Crippen LogP contribution in [0.5, 0.6) is 0 Å². The summed E-state index contributed by atoms with van der Waals surface area (Å²) in [5.41, 5.74) is 3.30. The Morgan fingerprint density at radius 1 is 1.43 bits per heavy atom. The van der Waals surface area contributed by atoms with Crippen molar-refractivity contribution in [2.75, 3.05) is 0 Å². The predicted octanol–water partition coefficient (Wildman–Crippen LogP) is 2.34. The molecule has 124 valence electrons. The lowest BCUT2D eigenvalue weighted by molar-refractivity contribution is -0.122. The first kappa shape index (κ1) is 15.8. The number of aryl methyl sites for hydroxylation is 1. The second-order valence-electron chi connectivity index (χ2n) is 7.30. The van der Waals surface area contributed by atoms with Crippen LogP contribution in [0.3, 0.4) is 0 Å². The van der Waals surface area contributed by atoms with Crippen LogP contribution in [0.1, 0.15) is 56.6 Å². The van der Waals surface area contributed by atoms with Crippen LogP contribution in [0, 0.1) is 6.92 Å². The van der Waals surface area contributed by atoms with Gasteiger partial charge in [-0.05, 0) is 53.0 Å². The number of nitrogens with zero attached hydrogens (tertiary/aromatic N) is 4. The topological polar surface area (TPSA) is 64.7 Å². The highest BCUT2D eigenvalue weighted by atomic mass is 16.2. The highest BCUT2D eigenvalue weighted by Gasteiger charge is 2.28. The van der Waals surface area contributed by atoms with Crippen molar-refractivity contribution in [2.45, 2.75) is 65.1 Å². The van der Waals surface area contributed by atoms with Gasteiger partial charge in [-0.2, -0.15) is 10.2 Å². The molecule has 0 bridgehead atoms. The van der Waals surface area contributed by atoms with Crippen LogP contribution in [0.4, 0.5) is 0 Å². The largest absolute Gasteiger partial charge is 0.348 e. The molecule has 6 heteroatoms. The van der Waals surface area contributed by atoms with E-state index in [1.165, 1.54) is 5.69 Å². The van der Waals surface area contributed by atoms with Gasteiger partial charge in [-0.1, -0.05) is 0 Å². The third kappa shape index (κ3) is 3.30. The third-order valence-corrected chi connectivity index (χ3v) is 4.23. The molecular formula is C17H25N5O. The second kappa shape index (κ2) is 5.83. The Hall–Kier alpha value is -2.11. The Balaban J connectivity index is 1.73. The average molecular weight is 315 g/mol. The summed E-state index contributed by atoms with van der Waals surface area (Å²) >= 11 is 0. The molecule has 0 aromatic carbocycles. The molecule has 23 heavy (non-hydrogen) atoms. The fourth-order valence-electron chi connectivity index (χ4n) is 3.22. The van der Waals surface area contributed by atoms with Crippen LogP contribution in [-0.4, -0.2) is 25.5 Å². The first-order chi connectivity index (χ1) is 10.8. The van der Waals surface area contributed by atoms with Crippen LogP contribution >= 0.6 is 0 Å². The van der Waals surface area contributed by atoms with Gasteiger partial charge in [0, 0.05) is 17.5 Å². The Labute approximate surface area is 136 Å². The molecule has 0 radical (unpaired) electrons. The van der Waals surface area contributed by atoms with Crippen LogP contribution < -0.4 is 5.32 Å². The van der Waals surface area contributed by atoms with Gasteiger partial charge < -0.3 is 5.32 Å². The molecule has 1 aliphatic carbocycles. The Bertz CT molecular complexity index is 707. The van der Waals surface area contributed by atoms with Gasteiger partial charge in [-0.15, -0.1) is 0 Å². The summed E-state index contributed by atoms with van der Waals surface area (Å²) in [6.07, 6.45) is 6.81. The molecular weight excluding hydrogens is 290 g/mol. The lowest BCUT2D eigenvalue weighted by atomic mass is 9.92. The quantitative estimate of drug-likeness (QED) is 0.945. The Kier molecular flexibility index (Phi) is 4.00. The summed E-state index contributed by atoms with van der Waals surface area (Å²) in [5.74, 6) is -0.00513. The molecule has 0 saturated heterocycles. The summed E-state index contributed by atoms with van der Waals surface area (Å²) in [6.45, 7) is 8.64. The van der Waals surface area contributed by atoms with Gasteiger partial charge in [0.15, 0.2) is 0 Å². The first-order valence-corrected chi connectivity index (χ1v) is 8.21. The standard InChI is InChI=1S/C17H25N5O/c1-12-8-9-21(20-12)11-16(23)19-14-6-5-7-15-13(14)10-18-22(15)17(2,3)4/h8-10,14H,5-7,11H2,1-4H3,(H,19,23)/t14-/m0/s1. The summed E-state index contributed by atoms with van der Waals surface area (Å²) in [4.78, 5) is 12.3. The molecule has 0 unspecified atom stereocenters. The minimum atomic E-state index is -0.0356. The van der Waals surface area contributed by atoms with Crippen molar-refractivity contribution in [1.29, 1.82) is 0 Å². The molecule has 6 nitrogen and oxygen atoms in total. The van der Waals surface area contributed by atoms with E-state index in [4.69, 9.17) is 0 Å². The maximum atomic E-state index is 12.3. The monoisotopic (exact) mass is 315 g/mol. The number of carbonyl (C=O) groups excluding carboxylic acids is 1. The van der Waals surface area contributed by atoms with Gasteiger partial charge in [0.1, 0.15) is 6.54 Å². The van der Waals surface area contributed by atoms with E-state index in [0.29, 0.717) is 0 Å². The molecule has 0 spiro atoms. The summed E-state index contributed by atoms with van der Waals surface area (Å²) in [6, 6.07) is 1.96. The molecule has 1 aliphatic rings. The lowest BCUT2D eigenvalue weighted by Crippen LogP contribution is -2.34. The minimum Gasteiger partial charge on any atom is -0.348 e. The molecule has 1 atom stereocenters. The molecule has 0 aliphatic heterocycles. The van der Waals surface area contributed by atoms with E-state index in [-0.39, 0.29) is 24.0 Å². The second-order valence-corrected chi connectivity index (χ2v) is 7.30. The Morgan fingerprint density at radius 2 is 2.22 bits per heavy atom. The number of rotatable bonds is 3. The number of hydrogen-bond acceptors (Lipinski definition) is 3. The normalized spacial score (nSPS) is 17.8. The van der Waals surface area contributed by atoms with E-state index in [1.807, 2.05) is 25.4 Å². The van der Waals surface area contributed by atoms with Crippen LogP contribution in [0.2, 0.25) is 0 Å². The summed E-state index contributed by atoms with van der Waals surface area (Å²) < 4.78 is 3.77. The van der Waals surface area contributed by atoms with E-state index in [0.717, 1.165) is 30.5 Å². The van der Waals surface area contributed by atoms with Crippen molar-refractivity contribution in [3.8, 4) is 0 Å². The van der Waals surface area contributed by atoms with E-state index in [1.54, 1.807) is 4.68 Å². The molecule has 2 heterocycles. The van der Waals surface area contributed by atoms with E-state index in [9.17, 15) is 4.79 Å². The number of nitrogens with one attached hydrogen (secondary N) is 1. The highest BCUT2D eigenvalue weighted by Crippen LogP contribution is 2.32. The van der Waals surface area contributed by atoms with Crippen LogP contribution in [-0.2, 0) is 23.3 Å². The zero-order valence-corrected chi connectivity index (χ0v) is 14.3. The molecule has 0 saturated carbocycles. The number of fused-ring (bicyclic) bond motifs is 1. The molecule has 2 aromatic rings. The van der Waals surface area contributed by atoms with Gasteiger partial charge in [0.25, 0.3) is 0 Å². The number of carbonyl (C=O) groups is 1. The SMILES string of the molecule is Cc1ccn(CC(=O)N[C@H]2CCCc3c2cnn3C(C)(C)C)n1. The fourth-order valence-corrected chi connectivity index (χ4v) is 3.22. The van der Waals surface area contributed by atoms with Crippen molar-refractivity contribution in [3.05, 3.63) is 35.4 Å². The van der Waals surface area contributed by atoms with E-state index >= 15 is 0 Å². The number of hydrogen-bond donors (Lipinski definition) is 1. The zero-order chi connectivity index (χ0) is 16.6. The van der Waals surface area contributed by atoms with E-state index in [2.05, 4.69) is 41.0 Å². The van der Waals surface area contributed by atoms with Gasteiger partial charge in [0.2, 0.25) is 5.91 Å². The fraction of sp³-hybridized carbons (Fsp3) is 0.588. The first-order valence-electron chi connectivity index (χ1n) is 8.21. The van der Waals surface area contributed by atoms with Gasteiger partial charge in [-0.3, -0.25) is 14.2 Å². The molecule has 1 N–H and O–H groups in total. The van der Waals surface area contributed by atoms with Crippen molar-refractivity contribution in [1.82, 2.24) is 24.9 Å². The summed E-state index contributed by atoms with van der Waals surface area (Å²) in [5, 5.41) is 12.0. The minimum absolute atomic E-state index is 0.00513. The van der Waals surface area contributed by atoms with Crippen LogP contribution in [0.25, 0.3) is 0 Å². The van der Waals surface area contributed by atoms with Gasteiger partial charge in [0.05, 0.1) is 23.5 Å². The maximum absolute atomic E-state index is 12.3. The predicted molar refractivity (Wildman–Crippen MR) is 88.0 cm³/mol.